The van der Waals surface area contributed by atoms with E-state index in [1.807, 2.05) is 0 Å². The molecule has 2 heterocycles. The standard InChI is InChI=1S/C21H39N5.HI/c1-6-22-21(25(5)17-20-10-9-12-24(20)4)23-11-7-8-13-26-15-18(2)14-19(3)16-26;/h9-10,12,18-19H,6-8,11,13-17H2,1-5H3,(H,22,23);1H. The second-order valence-corrected chi connectivity index (χ2v) is 8.11. The summed E-state index contributed by atoms with van der Waals surface area (Å²) in [5, 5.41) is 3.42. The Bertz CT molecular complexity index is 547. The number of hydrogen-bond acceptors (Lipinski definition) is 2. The average molecular weight is 489 g/mol. The predicted molar refractivity (Wildman–Crippen MR) is 127 cm³/mol. The summed E-state index contributed by atoms with van der Waals surface area (Å²) in [6, 6.07) is 4.26. The first-order chi connectivity index (χ1) is 12.5. The van der Waals surface area contributed by atoms with Crippen LogP contribution in [-0.4, -0.2) is 60.1 Å². The Hall–Kier alpha value is -0.760. The molecule has 5 nitrogen and oxygen atoms in total. The minimum Gasteiger partial charge on any atom is -0.357 e. The van der Waals surface area contributed by atoms with Crippen molar-refractivity contribution in [1.82, 2.24) is 19.7 Å². The van der Waals surface area contributed by atoms with Crippen LogP contribution in [-0.2, 0) is 13.6 Å². The molecule has 156 valence electrons. The number of rotatable bonds is 8. The summed E-state index contributed by atoms with van der Waals surface area (Å²) >= 11 is 0. The smallest absolute Gasteiger partial charge is 0.194 e. The highest BCUT2D eigenvalue weighted by Crippen LogP contribution is 2.21. The van der Waals surface area contributed by atoms with Gasteiger partial charge in [-0.3, -0.25) is 4.99 Å². The average Bonchev–Trinajstić information content (AvgIpc) is 2.97. The molecule has 1 aromatic rings. The lowest BCUT2D eigenvalue weighted by Gasteiger charge is -2.34. The molecule has 1 aliphatic heterocycles. The molecule has 6 heteroatoms. The molecule has 0 saturated carbocycles. The summed E-state index contributed by atoms with van der Waals surface area (Å²) in [4.78, 5) is 9.70. The zero-order valence-corrected chi connectivity index (χ0v) is 20.3. The van der Waals surface area contributed by atoms with Crippen molar-refractivity contribution in [3.63, 3.8) is 0 Å². The van der Waals surface area contributed by atoms with E-state index in [0.29, 0.717) is 0 Å². The Morgan fingerprint density at radius 3 is 2.56 bits per heavy atom. The number of unbranched alkanes of at least 4 members (excludes halogenated alkanes) is 1. The van der Waals surface area contributed by atoms with Crippen LogP contribution in [0.5, 0.6) is 0 Å². The Kier molecular flexibility index (Phi) is 11.4. The minimum absolute atomic E-state index is 0. The lowest BCUT2D eigenvalue weighted by Crippen LogP contribution is -2.39. The summed E-state index contributed by atoms with van der Waals surface area (Å²) in [5.41, 5.74) is 1.30. The molecular weight excluding hydrogens is 449 g/mol. The fraction of sp³-hybridized carbons (Fsp3) is 0.762. The number of aromatic nitrogens is 1. The van der Waals surface area contributed by atoms with E-state index in [2.05, 4.69) is 72.9 Å². The van der Waals surface area contributed by atoms with E-state index in [1.54, 1.807) is 0 Å². The second-order valence-electron chi connectivity index (χ2n) is 8.11. The summed E-state index contributed by atoms with van der Waals surface area (Å²) < 4.78 is 2.17. The van der Waals surface area contributed by atoms with E-state index < -0.39 is 0 Å². The minimum atomic E-state index is 0. The molecule has 0 spiro atoms. The molecular formula is C21H40IN5. The fourth-order valence-electron chi connectivity index (χ4n) is 4.06. The van der Waals surface area contributed by atoms with Crippen LogP contribution in [0.1, 0.15) is 45.7 Å². The monoisotopic (exact) mass is 489 g/mol. The van der Waals surface area contributed by atoms with Gasteiger partial charge in [-0.05, 0) is 56.7 Å². The second kappa shape index (κ2) is 12.6. The maximum atomic E-state index is 4.84. The molecule has 1 aromatic heterocycles. The number of aliphatic imine (C=N–C) groups is 1. The van der Waals surface area contributed by atoms with Crippen LogP contribution in [0, 0.1) is 11.8 Å². The highest BCUT2D eigenvalue weighted by Gasteiger charge is 2.20. The van der Waals surface area contributed by atoms with Gasteiger partial charge < -0.3 is 19.7 Å². The molecule has 0 aromatic carbocycles. The molecule has 1 saturated heterocycles. The zero-order valence-electron chi connectivity index (χ0n) is 17.9. The van der Waals surface area contributed by atoms with Gasteiger partial charge in [0.05, 0.1) is 6.54 Å². The maximum absolute atomic E-state index is 4.84. The van der Waals surface area contributed by atoms with Crippen molar-refractivity contribution in [2.45, 2.75) is 46.6 Å². The van der Waals surface area contributed by atoms with Gasteiger partial charge in [0.25, 0.3) is 0 Å². The van der Waals surface area contributed by atoms with Crippen molar-refractivity contribution < 1.29 is 0 Å². The lowest BCUT2D eigenvalue weighted by molar-refractivity contribution is 0.139. The van der Waals surface area contributed by atoms with Crippen LogP contribution in [0.2, 0.25) is 0 Å². The Balaban J connectivity index is 0.00000364. The topological polar surface area (TPSA) is 35.8 Å². The quantitative estimate of drug-likeness (QED) is 0.261. The third-order valence-corrected chi connectivity index (χ3v) is 5.24. The number of nitrogens with zero attached hydrogens (tertiary/aromatic N) is 4. The molecule has 1 aliphatic rings. The summed E-state index contributed by atoms with van der Waals surface area (Å²) in [7, 11) is 4.21. The first-order valence-corrected chi connectivity index (χ1v) is 10.3. The van der Waals surface area contributed by atoms with Gasteiger partial charge in [-0.25, -0.2) is 0 Å². The normalized spacial score (nSPS) is 21.0. The van der Waals surface area contributed by atoms with Crippen LogP contribution in [0.4, 0.5) is 0 Å². The summed E-state index contributed by atoms with van der Waals surface area (Å²) in [5.74, 6) is 2.71. The van der Waals surface area contributed by atoms with E-state index in [9.17, 15) is 0 Å². The van der Waals surface area contributed by atoms with Gasteiger partial charge in [-0.2, -0.15) is 0 Å². The molecule has 2 atom stereocenters. The summed E-state index contributed by atoms with van der Waals surface area (Å²) in [6.45, 7) is 13.4. The Morgan fingerprint density at radius 2 is 1.96 bits per heavy atom. The molecule has 0 bridgehead atoms. The van der Waals surface area contributed by atoms with E-state index in [-0.39, 0.29) is 24.0 Å². The molecule has 1 N–H and O–H groups in total. The molecule has 2 unspecified atom stereocenters. The van der Waals surface area contributed by atoms with Gasteiger partial charge in [-0.15, -0.1) is 24.0 Å². The fourth-order valence-corrected chi connectivity index (χ4v) is 4.06. The number of halogens is 1. The number of guanidine groups is 1. The van der Waals surface area contributed by atoms with Crippen molar-refractivity contribution in [2.24, 2.45) is 23.9 Å². The van der Waals surface area contributed by atoms with Crippen LogP contribution < -0.4 is 5.32 Å². The van der Waals surface area contributed by atoms with Gasteiger partial charge >= 0.3 is 0 Å². The molecule has 27 heavy (non-hydrogen) atoms. The molecule has 0 aliphatic carbocycles. The third-order valence-electron chi connectivity index (χ3n) is 5.24. The molecule has 0 amide bonds. The van der Waals surface area contributed by atoms with Gasteiger partial charge in [0.1, 0.15) is 0 Å². The van der Waals surface area contributed by atoms with Gasteiger partial charge in [0, 0.05) is 52.2 Å². The van der Waals surface area contributed by atoms with Crippen molar-refractivity contribution in [2.75, 3.05) is 39.8 Å². The van der Waals surface area contributed by atoms with Crippen molar-refractivity contribution in [3.8, 4) is 0 Å². The number of hydrogen-bond donors (Lipinski definition) is 1. The van der Waals surface area contributed by atoms with Gasteiger partial charge in [0.15, 0.2) is 5.96 Å². The highest BCUT2D eigenvalue weighted by atomic mass is 127. The third kappa shape index (κ3) is 8.42. The van der Waals surface area contributed by atoms with E-state index in [0.717, 1.165) is 43.9 Å². The van der Waals surface area contributed by atoms with Crippen LogP contribution >= 0.6 is 24.0 Å². The summed E-state index contributed by atoms with van der Waals surface area (Å²) in [6.07, 6.45) is 5.88. The molecule has 2 rings (SSSR count). The van der Waals surface area contributed by atoms with E-state index in [1.165, 1.54) is 38.2 Å². The lowest BCUT2D eigenvalue weighted by atomic mass is 9.92. The first kappa shape index (κ1) is 24.3. The van der Waals surface area contributed by atoms with Gasteiger partial charge in [-0.1, -0.05) is 13.8 Å². The van der Waals surface area contributed by atoms with Crippen LogP contribution in [0.15, 0.2) is 23.3 Å². The van der Waals surface area contributed by atoms with Gasteiger partial charge in [0.2, 0.25) is 0 Å². The zero-order chi connectivity index (χ0) is 18.9. The van der Waals surface area contributed by atoms with Crippen LogP contribution in [0.25, 0.3) is 0 Å². The molecule has 0 radical (unpaired) electrons. The SMILES string of the molecule is CCNC(=NCCCCN1CC(C)CC(C)C1)N(C)Cc1cccn1C.I. The first-order valence-electron chi connectivity index (χ1n) is 10.3. The Labute approximate surface area is 183 Å². The number of piperidine rings is 1. The van der Waals surface area contributed by atoms with E-state index in [4.69, 9.17) is 4.99 Å². The Morgan fingerprint density at radius 1 is 1.26 bits per heavy atom. The number of likely N-dealkylation sites (tertiary alicyclic amines) is 1. The highest BCUT2D eigenvalue weighted by molar-refractivity contribution is 14.0. The number of aryl methyl sites for hydroxylation is 1. The largest absolute Gasteiger partial charge is 0.357 e. The van der Waals surface area contributed by atoms with E-state index >= 15 is 0 Å². The maximum Gasteiger partial charge on any atom is 0.194 e. The van der Waals surface area contributed by atoms with Crippen molar-refractivity contribution in [1.29, 1.82) is 0 Å². The van der Waals surface area contributed by atoms with Crippen LogP contribution in [0.3, 0.4) is 0 Å². The number of nitrogens with one attached hydrogen (secondary N) is 1. The van der Waals surface area contributed by atoms with Crippen molar-refractivity contribution in [3.05, 3.63) is 24.0 Å². The molecule has 1 fully saturated rings. The predicted octanol–water partition coefficient (Wildman–Crippen LogP) is 3.80. The van der Waals surface area contributed by atoms with Crippen molar-refractivity contribution >= 4 is 29.9 Å².